The van der Waals surface area contributed by atoms with Crippen molar-refractivity contribution in [2.75, 3.05) is 7.11 Å². The molecule has 0 aromatic carbocycles. The Hall–Kier alpha value is -3.16. The Kier molecular flexibility index (Phi) is 4.03. The number of fused-ring (bicyclic) bond motifs is 1. The predicted molar refractivity (Wildman–Crippen MR) is 84.8 cm³/mol. The first kappa shape index (κ1) is 15.7. The molecule has 0 aliphatic rings. The van der Waals surface area contributed by atoms with Crippen LogP contribution in [0.5, 0.6) is 5.88 Å². The summed E-state index contributed by atoms with van der Waals surface area (Å²) in [4.78, 5) is 28.7. The Bertz CT molecular complexity index is 960. The molecule has 0 saturated carbocycles. The van der Waals surface area contributed by atoms with E-state index in [0.29, 0.717) is 11.3 Å². The first-order chi connectivity index (χ1) is 11.5. The van der Waals surface area contributed by atoms with Gasteiger partial charge in [0.25, 0.3) is 5.56 Å². The van der Waals surface area contributed by atoms with E-state index in [1.54, 1.807) is 48.4 Å². The van der Waals surface area contributed by atoms with Crippen molar-refractivity contribution in [2.24, 2.45) is 7.05 Å². The Morgan fingerprint density at radius 3 is 2.83 bits per heavy atom. The van der Waals surface area contributed by atoms with Gasteiger partial charge in [-0.15, -0.1) is 0 Å². The first-order valence-corrected chi connectivity index (χ1v) is 7.28. The van der Waals surface area contributed by atoms with Crippen LogP contribution in [0.25, 0.3) is 5.65 Å². The first-order valence-electron chi connectivity index (χ1n) is 7.28. The number of hydrogen-bond donors (Lipinski definition) is 1. The molecule has 1 N–H and O–H groups in total. The Balaban J connectivity index is 2.25. The molecule has 3 aromatic heterocycles. The number of pyridine rings is 1. The summed E-state index contributed by atoms with van der Waals surface area (Å²) < 4.78 is 7.60. The van der Waals surface area contributed by atoms with Gasteiger partial charge in [-0.1, -0.05) is 6.07 Å². The zero-order chi connectivity index (χ0) is 17.3. The monoisotopic (exact) mass is 328 g/mol. The summed E-state index contributed by atoms with van der Waals surface area (Å²) in [6, 6.07) is 6.71. The third-order valence-electron chi connectivity index (χ3n) is 3.91. The number of aryl methyl sites for hydroxylation is 1. The molecular weight excluding hydrogens is 312 g/mol. The molecule has 8 nitrogen and oxygen atoms in total. The van der Waals surface area contributed by atoms with Gasteiger partial charge in [0, 0.05) is 31.1 Å². The van der Waals surface area contributed by atoms with E-state index in [4.69, 9.17) is 4.74 Å². The summed E-state index contributed by atoms with van der Waals surface area (Å²) in [5.74, 6) is -1.62. The molecule has 0 spiro atoms. The summed E-state index contributed by atoms with van der Waals surface area (Å²) in [5.41, 5.74) is 0.525. The smallest absolute Gasteiger partial charge is 0.306 e. The van der Waals surface area contributed by atoms with Gasteiger partial charge < -0.3 is 9.84 Å². The summed E-state index contributed by atoms with van der Waals surface area (Å²) in [6.07, 6.45) is 3.01. The second-order valence-electron chi connectivity index (χ2n) is 5.30. The molecule has 0 saturated heterocycles. The lowest BCUT2D eigenvalue weighted by Crippen LogP contribution is -2.25. The van der Waals surface area contributed by atoms with E-state index in [0.717, 1.165) is 0 Å². The van der Waals surface area contributed by atoms with Gasteiger partial charge in [-0.05, 0) is 18.2 Å². The molecule has 124 valence electrons. The van der Waals surface area contributed by atoms with Crippen molar-refractivity contribution in [1.29, 1.82) is 0 Å². The van der Waals surface area contributed by atoms with Crippen LogP contribution in [0.4, 0.5) is 0 Å². The standard InChI is InChI=1S/C16H16N4O4/c1-19-11(6-7-17-19)10(9-13(21)24-2)14-15(22)18-12-5-3-4-8-20(12)16(14)23/h3-8,10,22H,9H2,1-2H3/t10-/m0/s1. The minimum Gasteiger partial charge on any atom is -0.493 e. The van der Waals surface area contributed by atoms with E-state index >= 15 is 0 Å². The van der Waals surface area contributed by atoms with Crippen LogP contribution in [-0.4, -0.2) is 37.4 Å². The van der Waals surface area contributed by atoms with Crippen molar-refractivity contribution in [3.63, 3.8) is 0 Å². The molecule has 3 rings (SSSR count). The van der Waals surface area contributed by atoms with Gasteiger partial charge in [0.1, 0.15) is 5.65 Å². The fraction of sp³-hybridized carbons (Fsp3) is 0.250. The van der Waals surface area contributed by atoms with Gasteiger partial charge in [0.15, 0.2) is 0 Å². The fourth-order valence-corrected chi connectivity index (χ4v) is 2.73. The summed E-state index contributed by atoms with van der Waals surface area (Å²) >= 11 is 0. The van der Waals surface area contributed by atoms with Gasteiger partial charge in [-0.2, -0.15) is 10.1 Å². The highest BCUT2D eigenvalue weighted by Crippen LogP contribution is 2.30. The molecule has 0 amide bonds. The molecule has 24 heavy (non-hydrogen) atoms. The largest absolute Gasteiger partial charge is 0.493 e. The van der Waals surface area contributed by atoms with E-state index in [-0.39, 0.29) is 12.0 Å². The summed E-state index contributed by atoms with van der Waals surface area (Å²) in [7, 11) is 2.97. The van der Waals surface area contributed by atoms with E-state index in [1.807, 2.05) is 0 Å². The van der Waals surface area contributed by atoms with Crippen molar-refractivity contribution >= 4 is 11.6 Å². The quantitative estimate of drug-likeness (QED) is 0.712. The van der Waals surface area contributed by atoms with E-state index in [9.17, 15) is 14.7 Å². The lowest BCUT2D eigenvalue weighted by molar-refractivity contribution is -0.140. The number of aromatic nitrogens is 4. The highest BCUT2D eigenvalue weighted by molar-refractivity contribution is 5.71. The second kappa shape index (κ2) is 6.15. The molecule has 8 heteroatoms. The number of hydrogen-bond acceptors (Lipinski definition) is 6. The average molecular weight is 328 g/mol. The molecule has 1 atom stereocenters. The van der Waals surface area contributed by atoms with Gasteiger partial charge >= 0.3 is 5.97 Å². The maximum atomic E-state index is 12.8. The minimum atomic E-state index is -0.720. The van der Waals surface area contributed by atoms with E-state index in [1.165, 1.54) is 11.5 Å². The number of ether oxygens (including phenoxy) is 1. The predicted octanol–water partition coefficient (Wildman–Crippen LogP) is 0.829. The third kappa shape index (κ3) is 2.62. The van der Waals surface area contributed by atoms with E-state index in [2.05, 4.69) is 10.1 Å². The maximum Gasteiger partial charge on any atom is 0.306 e. The van der Waals surface area contributed by atoms with Crippen molar-refractivity contribution < 1.29 is 14.6 Å². The molecule has 0 unspecified atom stereocenters. The summed E-state index contributed by atoms with van der Waals surface area (Å²) in [5, 5.41) is 14.4. The Labute approximate surface area is 136 Å². The molecule has 0 radical (unpaired) electrons. The number of carbonyl (C=O) groups excluding carboxylic acids is 1. The van der Waals surface area contributed by atoms with Crippen LogP contribution in [0.1, 0.15) is 23.6 Å². The van der Waals surface area contributed by atoms with Gasteiger partial charge in [-0.3, -0.25) is 18.7 Å². The number of carbonyl (C=O) groups is 1. The normalized spacial score (nSPS) is 12.2. The van der Waals surface area contributed by atoms with Crippen molar-refractivity contribution in [3.8, 4) is 5.88 Å². The van der Waals surface area contributed by atoms with Gasteiger partial charge in [0.2, 0.25) is 5.88 Å². The zero-order valence-corrected chi connectivity index (χ0v) is 13.2. The highest BCUT2D eigenvalue weighted by Gasteiger charge is 2.28. The minimum absolute atomic E-state index is 0.0349. The molecule has 0 aliphatic heterocycles. The lowest BCUT2D eigenvalue weighted by Gasteiger charge is -2.17. The lowest BCUT2D eigenvalue weighted by atomic mass is 9.93. The molecule has 3 heterocycles. The number of methoxy groups -OCH3 is 1. The highest BCUT2D eigenvalue weighted by atomic mass is 16.5. The Morgan fingerprint density at radius 2 is 2.17 bits per heavy atom. The van der Waals surface area contributed by atoms with Crippen LogP contribution >= 0.6 is 0 Å². The van der Waals surface area contributed by atoms with Gasteiger partial charge in [0.05, 0.1) is 19.1 Å². The SMILES string of the molecule is COC(=O)C[C@H](c1c(O)nc2ccccn2c1=O)c1ccnn1C. The van der Waals surface area contributed by atoms with Crippen LogP contribution in [0, 0.1) is 0 Å². The van der Waals surface area contributed by atoms with Gasteiger partial charge in [-0.25, -0.2) is 0 Å². The van der Waals surface area contributed by atoms with Crippen molar-refractivity contribution in [3.05, 3.63) is 58.3 Å². The van der Waals surface area contributed by atoms with Crippen molar-refractivity contribution in [1.82, 2.24) is 19.2 Å². The Morgan fingerprint density at radius 1 is 1.38 bits per heavy atom. The number of rotatable bonds is 4. The van der Waals surface area contributed by atoms with Crippen LogP contribution in [0.3, 0.4) is 0 Å². The van der Waals surface area contributed by atoms with Crippen molar-refractivity contribution in [2.45, 2.75) is 12.3 Å². The molecule has 3 aromatic rings. The second-order valence-corrected chi connectivity index (χ2v) is 5.30. The number of aromatic hydroxyl groups is 1. The van der Waals surface area contributed by atoms with Crippen LogP contribution in [0.15, 0.2) is 41.5 Å². The van der Waals surface area contributed by atoms with E-state index < -0.39 is 23.3 Å². The maximum absolute atomic E-state index is 12.8. The zero-order valence-electron chi connectivity index (χ0n) is 13.2. The topological polar surface area (TPSA) is 98.7 Å². The van der Waals surface area contributed by atoms with Crippen LogP contribution in [0.2, 0.25) is 0 Å². The average Bonchev–Trinajstić information content (AvgIpc) is 2.99. The molecule has 0 bridgehead atoms. The molecular formula is C16H16N4O4. The van der Waals surface area contributed by atoms with Crippen LogP contribution < -0.4 is 5.56 Å². The van der Waals surface area contributed by atoms with Crippen LogP contribution in [-0.2, 0) is 16.6 Å². The molecule has 0 aliphatic carbocycles. The third-order valence-corrected chi connectivity index (χ3v) is 3.91. The number of esters is 1. The number of nitrogens with zero attached hydrogens (tertiary/aromatic N) is 4. The summed E-state index contributed by atoms with van der Waals surface area (Å²) in [6.45, 7) is 0. The molecule has 0 fully saturated rings. The fourth-order valence-electron chi connectivity index (χ4n) is 2.73.